The van der Waals surface area contributed by atoms with Gasteiger partial charge in [-0.2, -0.15) is 0 Å². The minimum Gasteiger partial charge on any atom is -0.388 e. The highest BCUT2D eigenvalue weighted by molar-refractivity contribution is 6.01. The zero-order valence-corrected chi connectivity index (χ0v) is 21.0. The Labute approximate surface area is 212 Å². The summed E-state index contributed by atoms with van der Waals surface area (Å²) in [6, 6.07) is 6.99. The fourth-order valence-electron chi connectivity index (χ4n) is 6.39. The summed E-state index contributed by atoms with van der Waals surface area (Å²) in [5.74, 6) is -0.277. The minimum absolute atomic E-state index is 0.0521. The van der Waals surface area contributed by atoms with E-state index in [0.29, 0.717) is 24.3 Å². The van der Waals surface area contributed by atoms with Crippen LogP contribution >= 0.6 is 0 Å². The minimum atomic E-state index is -1.05. The van der Waals surface area contributed by atoms with Crippen LogP contribution in [0.2, 0.25) is 0 Å². The lowest BCUT2D eigenvalue weighted by molar-refractivity contribution is -0.142. The largest absolute Gasteiger partial charge is 0.388 e. The number of aliphatic hydroxyl groups is 1. The summed E-state index contributed by atoms with van der Waals surface area (Å²) < 4.78 is 10.6. The van der Waals surface area contributed by atoms with Crippen molar-refractivity contribution in [3.05, 3.63) is 35.4 Å². The standard InChI is InChI=1S/C27H37N3O6/c1-35-15-14-29-12-8-19(9-13-29)18-4-6-20(7-5-18)25(33)28-27(10-2-3-11-27)26(34)30-16-21(31)24-23(30)22(32)17-36-24/h4-7,19,21,23-24,31H,2-3,8-17H2,1H3,(H,28,33)/t21-,23+,24+/m0/s1. The maximum atomic E-state index is 13.7. The highest BCUT2D eigenvalue weighted by Gasteiger charge is 2.56. The first-order valence-electron chi connectivity index (χ1n) is 13.2. The predicted molar refractivity (Wildman–Crippen MR) is 132 cm³/mol. The molecule has 0 aromatic heterocycles. The van der Waals surface area contributed by atoms with Gasteiger partial charge < -0.3 is 29.7 Å². The molecule has 1 aromatic rings. The Kier molecular flexibility index (Phi) is 7.44. The molecule has 0 radical (unpaired) electrons. The van der Waals surface area contributed by atoms with Crippen LogP contribution in [0.1, 0.15) is 60.4 Å². The third kappa shape index (κ3) is 4.81. The predicted octanol–water partition coefficient (Wildman–Crippen LogP) is 1.09. The Morgan fingerprint density at radius 3 is 2.53 bits per heavy atom. The molecule has 5 rings (SSSR count). The molecule has 1 saturated carbocycles. The zero-order chi connectivity index (χ0) is 25.3. The molecular weight excluding hydrogens is 462 g/mol. The summed E-state index contributed by atoms with van der Waals surface area (Å²) in [5, 5.41) is 13.4. The van der Waals surface area contributed by atoms with Crippen molar-refractivity contribution >= 4 is 17.6 Å². The molecule has 0 bridgehead atoms. The summed E-state index contributed by atoms with van der Waals surface area (Å²) in [6.45, 7) is 3.76. The lowest BCUT2D eigenvalue weighted by Crippen LogP contribution is -2.60. The number of carbonyl (C=O) groups excluding carboxylic acids is 3. The van der Waals surface area contributed by atoms with E-state index in [9.17, 15) is 19.5 Å². The number of piperidine rings is 1. The number of methoxy groups -OCH3 is 1. The van der Waals surface area contributed by atoms with E-state index in [1.807, 2.05) is 24.3 Å². The molecule has 4 fully saturated rings. The molecule has 36 heavy (non-hydrogen) atoms. The smallest absolute Gasteiger partial charge is 0.252 e. The number of nitrogens with one attached hydrogen (secondary N) is 1. The SMILES string of the molecule is COCCN1CCC(c2ccc(C(=O)NC3(C(=O)N4C[C@H](O)[C@H]5OCC(=O)[C@H]54)CCCC3)cc2)CC1. The summed E-state index contributed by atoms with van der Waals surface area (Å²) in [6.07, 6.45) is 3.30. The Morgan fingerprint density at radius 1 is 1.17 bits per heavy atom. The number of aliphatic hydroxyl groups excluding tert-OH is 1. The van der Waals surface area contributed by atoms with E-state index in [2.05, 4.69) is 10.2 Å². The van der Waals surface area contributed by atoms with E-state index in [-0.39, 0.29) is 30.7 Å². The van der Waals surface area contributed by atoms with Gasteiger partial charge >= 0.3 is 0 Å². The van der Waals surface area contributed by atoms with E-state index in [4.69, 9.17) is 9.47 Å². The van der Waals surface area contributed by atoms with Gasteiger partial charge in [0.1, 0.15) is 30.4 Å². The normalized spacial score (nSPS) is 28.4. The number of likely N-dealkylation sites (tertiary alicyclic amines) is 2. The van der Waals surface area contributed by atoms with Gasteiger partial charge in [0.15, 0.2) is 5.78 Å². The topological polar surface area (TPSA) is 108 Å². The van der Waals surface area contributed by atoms with Gasteiger partial charge in [-0.3, -0.25) is 14.4 Å². The third-order valence-electron chi connectivity index (χ3n) is 8.48. The molecule has 1 aromatic carbocycles. The van der Waals surface area contributed by atoms with Crippen molar-refractivity contribution in [3.8, 4) is 0 Å². The number of benzene rings is 1. The van der Waals surface area contributed by atoms with Gasteiger partial charge in [0, 0.05) is 19.2 Å². The van der Waals surface area contributed by atoms with Gasteiger partial charge in [0.25, 0.3) is 5.91 Å². The maximum Gasteiger partial charge on any atom is 0.252 e. The van der Waals surface area contributed by atoms with Gasteiger partial charge in [0.05, 0.1) is 13.2 Å². The molecule has 3 saturated heterocycles. The number of fused-ring (bicyclic) bond motifs is 1. The first kappa shape index (κ1) is 25.3. The van der Waals surface area contributed by atoms with Crippen molar-refractivity contribution in [3.63, 3.8) is 0 Å². The molecule has 2 N–H and O–H groups in total. The molecule has 0 spiro atoms. The monoisotopic (exact) mass is 499 g/mol. The fraction of sp³-hybridized carbons (Fsp3) is 0.667. The summed E-state index contributed by atoms with van der Waals surface area (Å²) in [4.78, 5) is 43.2. The highest BCUT2D eigenvalue weighted by atomic mass is 16.5. The van der Waals surface area contributed by atoms with Crippen LogP contribution in [0.3, 0.4) is 0 Å². The molecule has 2 amide bonds. The van der Waals surface area contributed by atoms with E-state index in [1.54, 1.807) is 7.11 Å². The second kappa shape index (κ2) is 10.6. The van der Waals surface area contributed by atoms with Crippen LogP contribution in [0.15, 0.2) is 24.3 Å². The second-order valence-corrected chi connectivity index (χ2v) is 10.7. The first-order chi connectivity index (χ1) is 17.4. The van der Waals surface area contributed by atoms with Gasteiger partial charge in [-0.25, -0.2) is 0 Å². The lowest BCUT2D eigenvalue weighted by atomic mass is 9.88. The third-order valence-corrected chi connectivity index (χ3v) is 8.48. The summed E-state index contributed by atoms with van der Waals surface area (Å²) >= 11 is 0. The Morgan fingerprint density at radius 2 is 1.86 bits per heavy atom. The lowest BCUT2D eigenvalue weighted by Gasteiger charge is -2.35. The molecule has 4 aliphatic rings. The number of nitrogens with zero attached hydrogens (tertiary/aromatic N) is 2. The summed E-state index contributed by atoms with van der Waals surface area (Å²) in [5.41, 5.74) is 0.707. The van der Waals surface area contributed by atoms with Crippen LogP contribution in [0, 0.1) is 0 Å². The van der Waals surface area contributed by atoms with Crippen LogP contribution < -0.4 is 5.32 Å². The van der Waals surface area contributed by atoms with Gasteiger partial charge in [0.2, 0.25) is 5.91 Å². The van der Waals surface area contributed by atoms with Crippen molar-refractivity contribution in [2.45, 2.75) is 68.2 Å². The zero-order valence-electron chi connectivity index (χ0n) is 21.0. The van der Waals surface area contributed by atoms with Crippen molar-refractivity contribution in [2.24, 2.45) is 0 Å². The number of Topliss-reactive ketones (excluding diaryl/α,β-unsaturated/α-hetero) is 1. The second-order valence-electron chi connectivity index (χ2n) is 10.7. The van der Waals surface area contributed by atoms with E-state index in [1.165, 1.54) is 10.5 Å². The van der Waals surface area contributed by atoms with Gasteiger partial charge in [-0.05, 0) is 62.4 Å². The van der Waals surface area contributed by atoms with Crippen LogP contribution in [0.25, 0.3) is 0 Å². The number of ether oxygens (including phenoxy) is 2. The van der Waals surface area contributed by atoms with Crippen molar-refractivity contribution in [1.29, 1.82) is 0 Å². The van der Waals surface area contributed by atoms with Crippen LogP contribution in [0.4, 0.5) is 0 Å². The molecule has 3 aliphatic heterocycles. The van der Waals surface area contributed by atoms with Crippen molar-refractivity contribution < 1.29 is 29.0 Å². The molecule has 1 aliphatic carbocycles. The van der Waals surface area contributed by atoms with Gasteiger partial charge in [-0.15, -0.1) is 0 Å². The molecule has 3 heterocycles. The van der Waals surface area contributed by atoms with Crippen molar-refractivity contribution in [1.82, 2.24) is 15.1 Å². The molecule has 9 heteroatoms. The van der Waals surface area contributed by atoms with Crippen LogP contribution in [0.5, 0.6) is 0 Å². The number of β-amino-alcohol motifs (C(OH)–C–C–N with tert-alkyl or cyclic N) is 1. The number of carbonyl (C=O) groups is 3. The van der Waals surface area contributed by atoms with Crippen molar-refractivity contribution in [2.75, 3.05) is 46.5 Å². The Balaban J connectivity index is 1.24. The molecular formula is C27H37N3O6. The average molecular weight is 500 g/mol. The molecule has 9 nitrogen and oxygen atoms in total. The van der Waals surface area contributed by atoms with Crippen LogP contribution in [-0.4, -0.2) is 103 Å². The van der Waals surface area contributed by atoms with E-state index < -0.39 is 23.8 Å². The number of hydrogen-bond acceptors (Lipinski definition) is 7. The van der Waals surface area contributed by atoms with Crippen LogP contribution in [-0.2, 0) is 19.1 Å². The number of rotatable bonds is 7. The number of amides is 2. The quantitative estimate of drug-likeness (QED) is 0.578. The molecule has 196 valence electrons. The number of hydrogen-bond donors (Lipinski definition) is 2. The number of ketones is 1. The summed E-state index contributed by atoms with van der Waals surface area (Å²) in [7, 11) is 1.73. The van der Waals surface area contributed by atoms with E-state index >= 15 is 0 Å². The Hall–Kier alpha value is -2.33. The highest BCUT2D eigenvalue weighted by Crippen LogP contribution is 2.36. The maximum absolute atomic E-state index is 13.7. The van der Waals surface area contributed by atoms with E-state index in [0.717, 1.165) is 51.9 Å². The average Bonchev–Trinajstić information content (AvgIpc) is 3.61. The molecule has 3 atom stereocenters. The first-order valence-corrected chi connectivity index (χ1v) is 13.2. The van der Waals surface area contributed by atoms with Gasteiger partial charge in [-0.1, -0.05) is 25.0 Å². The Bertz CT molecular complexity index is 968. The molecule has 0 unspecified atom stereocenters. The fourth-order valence-corrected chi connectivity index (χ4v) is 6.39.